The van der Waals surface area contributed by atoms with Gasteiger partial charge in [0.25, 0.3) is 0 Å². The standard InChI is InChI=1S/C28H48N2O20/c1-7-15(36)24(21(42)28(44-7)48-22-12(6-33)45-25(43)13(18(22)39)29-8(2)34)50-26-14(30-9(3)35)23(17(38)11(5-32)46-26)49-27-20(41)19(40)16(37)10(4-31)47-27/h7,10-28,31-33,36-43H,4-6H2,1-3H3,(H,29,34)(H,30,35)/t7-,10+,11+,12+,13+,14-,15-,16+,17+,18+,19-,20-,21+,22+,23+,24+,25-,26+,27-,28+/m0/s1. The minimum Gasteiger partial charge on any atom is -0.394 e. The fourth-order valence-electron chi connectivity index (χ4n) is 6.29. The summed E-state index contributed by atoms with van der Waals surface area (Å²) < 4.78 is 39.5. The summed E-state index contributed by atoms with van der Waals surface area (Å²) in [5.41, 5.74) is 0. The smallest absolute Gasteiger partial charge is 0.217 e. The molecule has 0 aromatic rings. The lowest BCUT2D eigenvalue weighted by molar-refractivity contribution is -0.374. The van der Waals surface area contributed by atoms with Crippen molar-refractivity contribution in [1.29, 1.82) is 0 Å². The Morgan fingerprint density at radius 2 is 1.02 bits per heavy atom. The summed E-state index contributed by atoms with van der Waals surface area (Å²) in [6.45, 7) is 1.10. The fourth-order valence-corrected chi connectivity index (χ4v) is 6.29. The Labute approximate surface area is 285 Å². The Hall–Kier alpha value is -1.78. The first-order valence-corrected chi connectivity index (χ1v) is 15.9. The molecule has 0 aromatic carbocycles. The van der Waals surface area contributed by atoms with E-state index in [2.05, 4.69) is 10.6 Å². The van der Waals surface area contributed by atoms with Crippen molar-refractivity contribution in [2.24, 2.45) is 0 Å². The fraction of sp³-hybridized carbons (Fsp3) is 0.929. The molecule has 290 valence electrons. The first-order chi connectivity index (χ1) is 23.5. The van der Waals surface area contributed by atoms with Gasteiger partial charge >= 0.3 is 0 Å². The van der Waals surface area contributed by atoms with Crippen LogP contribution in [0.1, 0.15) is 20.8 Å². The van der Waals surface area contributed by atoms with Gasteiger partial charge in [0, 0.05) is 13.8 Å². The monoisotopic (exact) mass is 732 g/mol. The highest BCUT2D eigenvalue weighted by Crippen LogP contribution is 2.34. The van der Waals surface area contributed by atoms with Crippen molar-refractivity contribution in [2.75, 3.05) is 19.8 Å². The predicted molar refractivity (Wildman–Crippen MR) is 156 cm³/mol. The molecule has 22 heteroatoms. The van der Waals surface area contributed by atoms with Crippen molar-refractivity contribution >= 4 is 11.8 Å². The van der Waals surface area contributed by atoms with Crippen LogP contribution in [0.3, 0.4) is 0 Å². The van der Waals surface area contributed by atoms with Crippen molar-refractivity contribution < 1.29 is 98.9 Å². The summed E-state index contributed by atoms with van der Waals surface area (Å²) in [5.74, 6) is -1.37. The molecule has 0 aliphatic carbocycles. The number of nitrogens with one attached hydrogen (secondary N) is 2. The number of hydrogen-bond donors (Lipinski definition) is 13. The van der Waals surface area contributed by atoms with Crippen LogP contribution in [0.2, 0.25) is 0 Å². The van der Waals surface area contributed by atoms with E-state index in [1.54, 1.807) is 0 Å². The number of hydrogen-bond acceptors (Lipinski definition) is 20. The maximum absolute atomic E-state index is 12.3. The third-order valence-corrected chi connectivity index (χ3v) is 8.97. The van der Waals surface area contributed by atoms with E-state index in [1.165, 1.54) is 6.92 Å². The summed E-state index contributed by atoms with van der Waals surface area (Å²) in [6, 6.07) is -2.98. The molecule has 0 saturated carbocycles. The second kappa shape index (κ2) is 17.4. The molecule has 4 fully saturated rings. The van der Waals surface area contributed by atoms with Gasteiger partial charge in [-0.25, -0.2) is 0 Å². The van der Waals surface area contributed by atoms with E-state index >= 15 is 0 Å². The maximum Gasteiger partial charge on any atom is 0.217 e. The van der Waals surface area contributed by atoms with Gasteiger partial charge in [-0.05, 0) is 6.92 Å². The number of aliphatic hydroxyl groups is 11. The normalized spacial score (nSPS) is 48.5. The Balaban J connectivity index is 1.59. The number of amides is 2. The summed E-state index contributed by atoms with van der Waals surface area (Å²) >= 11 is 0. The number of carbonyl (C=O) groups excluding carboxylic acids is 2. The molecule has 4 rings (SSSR count). The highest BCUT2D eigenvalue weighted by atomic mass is 16.8. The molecule has 2 amide bonds. The Bertz CT molecular complexity index is 1120. The third kappa shape index (κ3) is 8.70. The van der Waals surface area contributed by atoms with Crippen LogP contribution in [0, 0.1) is 0 Å². The van der Waals surface area contributed by atoms with E-state index in [9.17, 15) is 65.8 Å². The second-order valence-corrected chi connectivity index (χ2v) is 12.6. The van der Waals surface area contributed by atoms with Gasteiger partial charge in [0.1, 0.15) is 91.4 Å². The Morgan fingerprint density at radius 3 is 1.60 bits per heavy atom. The lowest BCUT2D eigenvalue weighted by Crippen LogP contribution is -2.70. The summed E-state index contributed by atoms with van der Waals surface area (Å²) in [7, 11) is 0. The van der Waals surface area contributed by atoms with E-state index in [0.717, 1.165) is 13.8 Å². The van der Waals surface area contributed by atoms with E-state index in [0.29, 0.717) is 0 Å². The molecule has 0 aromatic heterocycles. The zero-order valence-electron chi connectivity index (χ0n) is 27.3. The predicted octanol–water partition coefficient (Wildman–Crippen LogP) is -8.43. The first-order valence-electron chi connectivity index (χ1n) is 15.9. The number of ether oxygens (including phenoxy) is 7. The SMILES string of the molecule is CC(=O)N[C@@H]1[C@@H](O[C@@H]2[C@@H](O)[C@H](C)O[C@H](O[C@H]3[C@H](O)[C@@H](NC(C)=O)[C@@H](O)O[C@@H]3CO)[C@@H]2O)O[C@H](CO)[C@@H](O)[C@@H]1O[C@@H]1O[C@H](CO)[C@@H](O)[C@H](O)[C@@H]1O. The topological polar surface area (TPSA) is 345 Å². The number of aliphatic hydroxyl groups excluding tert-OH is 11. The molecular formula is C28H48N2O20. The molecule has 4 heterocycles. The van der Waals surface area contributed by atoms with Gasteiger partial charge in [-0.2, -0.15) is 0 Å². The number of rotatable bonds is 11. The van der Waals surface area contributed by atoms with Crippen LogP contribution < -0.4 is 10.6 Å². The van der Waals surface area contributed by atoms with E-state index in [1.807, 2.05) is 0 Å². The molecule has 22 nitrogen and oxygen atoms in total. The maximum atomic E-state index is 12.3. The van der Waals surface area contributed by atoms with Crippen molar-refractivity contribution in [3.63, 3.8) is 0 Å². The van der Waals surface area contributed by atoms with Crippen molar-refractivity contribution in [2.45, 2.75) is 143 Å². The van der Waals surface area contributed by atoms with Crippen molar-refractivity contribution in [3.8, 4) is 0 Å². The average molecular weight is 733 g/mol. The van der Waals surface area contributed by atoms with Crippen LogP contribution in [0.4, 0.5) is 0 Å². The van der Waals surface area contributed by atoms with Crippen LogP contribution >= 0.6 is 0 Å². The minimum absolute atomic E-state index is 0.640. The van der Waals surface area contributed by atoms with Crippen molar-refractivity contribution in [3.05, 3.63) is 0 Å². The van der Waals surface area contributed by atoms with Crippen LogP contribution in [-0.4, -0.2) is 211 Å². The molecule has 0 unspecified atom stereocenters. The van der Waals surface area contributed by atoms with Gasteiger partial charge in [0.05, 0.1) is 25.9 Å². The quantitative estimate of drug-likeness (QED) is 0.0938. The summed E-state index contributed by atoms with van der Waals surface area (Å²) in [5, 5.41) is 120. The van der Waals surface area contributed by atoms with Gasteiger partial charge in [-0.1, -0.05) is 0 Å². The molecule has 0 bridgehead atoms. The second-order valence-electron chi connectivity index (χ2n) is 12.6. The molecule has 50 heavy (non-hydrogen) atoms. The zero-order chi connectivity index (χ0) is 37.2. The van der Waals surface area contributed by atoms with Crippen LogP contribution in [-0.2, 0) is 42.7 Å². The van der Waals surface area contributed by atoms with Gasteiger partial charge < -0.3 is 100.0 Å². The highest BCUT2D eigenvalue weighted by molar-refractivity contribution is 5.73. The first kappa shape index (κ1) is 41.0. The summed E-state index contributed by atoms with van der Waals surface area (Å²) in [6.07, 6.45) is -30.1. The highest BCUT2D eigenvalue weighted by Gasteiger charge is 2.55. The molecule has 4 aliphatic rings. The van der Waals surface area contributed by atoms with Gasteiger partial charge in [-0.15, -0.1) is 0 Å². The van der Waals surface area contributed by atoms with Crippen LogP contribution in [0.25, 0.3) is 0 Å². The molecule has 4 aliphatic heterocycles. The van der Waals surface area contributed by atoms with Crippen LogP contribution in [0.5, 0.6) is 0 Å². The van der Waals surface area contributed by atoms with E-state index in [4.69, 9.17) is 33.2 Å². The lowest BCUT2D eigenvalue weighted by Gasteiger charge is -2.50. The van der Waals surface area contributed by atoms with E-state index < -0.39 is 154 Å². The Morgan fingerprint density at radius 1 is 0.520 bits per heavy atom. The third-order valence-electron chi connectivity index (χ3n) is 8.97. The molecule has 13 N–H and O–H groups in total. The molecule has 4 saturated heterocycles. The molecule has 20 atom stereocenters. The van der Waals surface area contributed by atoms with Gasteiger partial charge in [0.15, 0.2) is 25.2 Å². The average Bonchev–Trinajstić information content (AvgIpc) is 3.06. The Kier molecular flexibility index (Phi) is 14.2. The molecule has 0 radical (unpaired) electrons. The number of carbonyl (C=O) groups is 2. The molecular weight excluding hydrogens is 684 g/mol. The lowest BCUT2D eigenvalue weighted by atomic mass is 9.94. The zero-order valence-corrected chi connectivity index (χ0v) is 27.3. The van der Waals surface area contributed by atoms with Crippen LogP contribution in [0.15, 0.2) is 0 Å². The molecule has 0 spiro atoms. The largest absolute Gasteiger partial charge is 0.394 e. The minimum atomic E-state index is -1.94. The van der Waals surface area contributed by atoms with Gasteiger partial charge in [-0.3, -0.25) is 9.59 Å². The summed E-state index contributed by atoms with van der Waals surface area (Å²) in [4.78, 5) is 24.0. The van der Waals surface area contributed by atoms with E-state index in [-0.39, 0.29) is 0 Å². The van der Waals surface area contributed by atoms with Crippen molar-refractivity contribution in [1.82, 2.24) is 10.6 Å². The van der Waals surface area contributed by atoms with Gasteiger partial charge in [0.2, 0.25) is 11.8 Å².